The first-order chi connectivity index (χ1) is 6.17. The summed E-state index contributed by atoms with van der Waals surface area (Å²) in [4.78, 5) is 11.0. The van der Waals surface area contributed by atoms with Crippen LogP contribution in [0.5, 0.6) is 0 Å². The van der Waals surface area contributed by atoms with Crippen LogP contribution in [0.15, 0.2) is 6.07 Å². The number of halogens is 1. The molecule has 0 spiro atoms. The molecule has 0 fully saturated rings. The zero-order chi connectivity index (χ0) is 9.84. The Morgan fingerprint density at radius 1 is 1.77 bits per heavy atom. The van der Waals surface area contributed by atoms with Crippen molar-refractivity contribution in [2.24, 2.45) is 0 Å². The molecule has 1 aromatic heterocycles. The molecule has 0 saturated heterocycles. The molecule has 0 aliphatic heterocycles. The van der Waals surface area contributed by atoms with Gasteiger partial charge in [-0.25, -0.2) is 0 Å². The van der Waals surface area contributed by atoms with Gasteiger partial charge < -0.3 is 10.1 Å². The summed E-state index contributed by atoms with van der Waals surface area (Å²) < 4.78 is 5.23. The SMILES string of the molecule is CNc1sc(Cl)cc1CC(=O)OC. The molecule has 13 heavy (non-hydrogen) atoms. The molecule has 0 aromatic carbocycles. The Kier molecular flexibility index (Phi) is 3.57. The van der Waals surface area contributed by atoms with Crippen LogP contribution in [0.4, 0.5) is 5.00 Å². The first-order valence-electron chi connectivity index (χ1n) is 3.70. The standard InChI is InChI=1S/C8H10ClNO2S/c1-10-8-5(3-6(9)13-8)4-7(11)12-2/h3,10H,4H2,1-2H3. The summed E-state index contributed by atoms with van der Waals surface area (Å²) in [7, 11) is 3.16. The quantitative estimate of drug-likeness (QED) is 0.792. The van der Waals surface area contributed by atoms with Crippen molar-refractivity contribution in [2.75, 3.05) is 19.5 Å². The molecule has 0 atom stereocenters. The van der Waals surface area contributed by atoms with Crippen molar-refractivity contribution in [1.29, 1.82) is 0 Å². The van der Waals surface area contributed by atoms with Gasteiger partial charge in [-0.2, -0.15) is 0 Å². The molecule has 0 amide bonds. The molecule has 1 rings (SSSR count). The summed E-state index contributed by atoms with van der Waals surface area (Å²) in [5.41, 5.74) is 0.879. The highest BCUT2D eigenvalue weighted by atomic mass is 35.5. The molecule has 0 aliphatic carbocycles. The Bertz CT molecular complexity index is 311. The highest BCUT2D eigenvalue weighted by Crippen LogP contribution is 2.31. The van der Waals surface area contributed by atoms with Crippen LogP contribution in [0.3, 0.4) is 0 Å². The van der Waals surface area contributed by atoms with Crippen LogP contribution in [-0.2, 0) is 16.0 Å². The molecule has 72 valence electrons. The van der Waals surface area contributed by atoms with E-state index in [9.17, 15) is 4.79 Å². The van der Waals surface area contributed by atoms with Gasteiger partial charge in [0, 0.05) is 7.05 Å². The highest BCUT2D eigenvalue weighted by Gasteiger charge is 2.10. The summed E-state index contributed by atoms with van der Waals surface area (Å²) in [6.45, 7) is 0. The number of ether oxygens (including phenoxy) is 1. The van der Waals surface area contributed by atoms with E-state index in [1.807, 2.05) is 0 Å². The fraction of sp³-hybridized carbons (Fsp3) is 0.375. The van der Waals surface area contributed by atoms with Gasteiger partial charge in [0.1, 0.15) is 0 Å². The first-order valence-corrected chi connectivity index (χ1v) is 4.89. The van der Waals surface area contributed by atoms with Gasteiger partial charge in [-0.3, -0.25) is 4.79 Å². The molecule has 1 aromatic rings. The molecular formula is C8H10ClNO2S. The minimum atomic E-state index is -0.258. The van der Waals surface area contributed by atoms with Gasteiger partial charge in [-0.15, -0.1) is 11.3 Å². The predicted octanol–water partition coefficient (Wildman–Crippen LogP) is 2.16. The van der Waals surface area contributed by atoms with E-state index in [2.05, 4.69) is 10.1 Å². The predicted molar refractivity (Wildman–Crippen MR) is 54.6 cm³/mol. The van der Waals surface area contributed by atoms with Gasteiger partial charge in [0.25, 0.3) is 0 Å². The number of carbonyl (C=O) groups excluding carboxylic acids is 1. The van der Waals surface area contributed by atoms with Crippen molar-refractivity contribution in [3.8, 4) is 0 Å². The second-order valence-electron chi connectivity index (χ2n) is 2.41. The van der Waals surface area contributed by atoms with Crippen molar-refractivity contribution < 1.29 is 9.53 Å². The Morgan fingerprint density at radius 3 is 3.00 bits per heavy atom. The van der Waals surface area contributed by atoms with Crippen molar-refractivity contribution in [1.82, 2.24) is 0 Å². The Balaban J connectivity index is 2.80. The van der Waals surface area contributed by atoms with Gasteiger partial charge in [0.15, 0.2) is 0 Å². The molecule has 0 saturated carbocycles. The summed E-state index contributed by atoms with van der Waals surface area (Å²) in [5.74, 6) is -0.258. The number of esters is 1. The number of carbonyl (C=O) groups is 1. The number of nitrogens with one attached hydrogen (secondary N) is 1. The van der Waals surface area contributed by atoms with Crippen LogP contribution in [0, 0.1) is 0 Å². The third-order valence-electron chi connectivity index (χ3n) is 1.57. The van der Waals surface area contributed by atoms with E-state index < -0.39 is 0 Å². The smallest absolute Gasteiger partial charge is 0.310 e. The number of anilines is 1. The highest BCUT2D eigenvalue weighted by molar-refractivity contribution is 7.20. The number of methoxy groups -OCH3 is 1. The molecule has 3 nitrogen and oxygen atoms in total. The van der Waals surface area contributed by atoms with E-state index >= 15 is 0 Å². The van der Waals surface area contributed by atoms with Crippen LogP contribution >= 0.6 is 22.9 Å². The average molecular weight is 220 g/mol. The fourth-order valence-corrected chi connectivity index (χ4v) is 2.09. The Hall–Kier alpha value is -0.740. The van der Waals surface area contributed by atoms with Crippen molar-refractivity contribution >= 4 is 33.9 Å². The zero-order valence-corrected chi connectivity index (χ0v) is 8.96. The van der Waals surface area contributed by atoms with Crippen LogP contribution in [-0.4, -0.2) is 20.1 Å². The number of thiophene rings is 1. The van der Waals surface area contributed by atoms with E-state index in [0.717, 1.165) is 10.6 Å². The molecular weight excluding hydrogens is 210 g/mol. The van der Waals surface area contributed by atoms with Gasteiger partial charge in [-0.1, -0.05) is 11.6 Å². The van der Waals surface area contributed by atoms with Crippen molar-refractivity contribution in [3.63, 3.8) is 0 Å². The molecule has 0 radical (unpaired) electrons. The van der Waals surface area contributed by atoms with Gasteiger partial charge in [0.2, 0.25) is 0 Å². The van der Waals surface area contributed by atoms with E-state index in [4.69, 9.17) is 11.6 Å². The van der Waals surface area contributed by atoms with E-state index in [1.54, 1.807) is 13.1 Å². The second kappa shape index (κ2) is 4.48. The Labute approximate surface area is 85.7 Å². The molecule has 1 heterocycles. The Morgan fingerprint density at radius 2 is 2.46 bits per heavy atom. The molecule has 5 heteroatoms. The third kappa shape index (κ3) is 2.60. The summed E-state index contributed by atoms with van der Waals surface area (Å²) in [6.07, 6.45) is 0.260. The maximum atomic E-state index is 11.0. The monoisotopic (exact) mass is 219 g/mol. The second-order valence-corrected chi connectivity index (χ2v) is 4.09. The largest absolute Gasteiger partial charge is 0.469 e. The van der Waals surface area contributed by atoms with Gasteiger partial charge >= 0.3 is 5.97 Å². The molecule has 0 aliphatic rings. The molecule has 0 bridgehead atoms. The number of rotatable bonds is 3. The van der Waals surface area contributed by atoms with Crippen LogP contribution in [0.2, 0.25) is 4.34 Å². The van der Waals surface area contributed by atoms with Gasteiger partial charge in [0.05, 0.1) is 22.9 Å². The third-order valence-corrected chi connectivity index (χ3v) is 2.89. The van der Waals surface area contributed by atoms with E-state index in [1.165, 1.54) is 18.4 Å². The lowest BCUT2D eigenvalue weighted by Gasteiger charge is -2.00. The van der Waals surface area contributed by atoms with Gasteiger partial charge in [-0.05, 0) is 11.6 Å². The van der Waals surface area contributed by atoms with Crippen molar-refractivity contribution in [3.05, 3.63) is 16.0 Å². The number of hydrogen-bond donors (Lipinski definition) is 1. The number of hydrogen-bond acceptors (Lipinski definition) is 4. The van der Waals surface area contributed by atoms with E-state index in [0.29, 0.717) is 4.34 Å². The molecule has 1 N–H and O–H groups in total. The normalized spacial score (nSPS) is 9.77. The fourth-order valence-electron chi connectivity index (χ4n) is 0.966. The minimum Gasteiger partial charge on any atom is -0.469 e. The summed E-state index contributed by atoms with van der Waals surface area (Å²) in [5, 5.41) is 3.88. The maximum Gasteiger partial charge on any atom is 0.310 e. The lowest BCUT2D eigenvalue weighted by molar-refractivity contribution is -0.139. The van der Waals surface area contributed by atoms with Crippen LogP contribution < -0.4 is 5.32 Å². The lowest BCUT2D eigenvalue weighted by Crippen LogP contribution is -2.04. The molecule has 0 unspecified atom stereocenters. The lowest BCUT2D eigenvalue weighted by atomic mass is 10.2. The van der Waals surface area contributed by atoms with Crippen LogP contribution in [0.1, 0.15) is 5.56 Å². The summed E-state index contributed by atoms with van der Waals surface area (Å²) >= 11 is 7.21. The van der Waals surface area contributed by atoms with Crippen LogP contribution in [0.25, 0.3) is 0 Å². The zero-order valence-electron chi connectivity index (χ0n) is 7.39. The average Bonchev–Trinajstić information content (AvgIpc) is 2.46. The van der Waals surface area contributed by atoms with Crippen molar-refractivity contribution in [2.45, 2.75) is 6.42 Å². The maximum absolute atomic E-state index is 11.0. The summed E-state index contributed by atoms with van der Waals surface area (Å²) in [6, 6.07) is 1.77. The first kappa shape index (κ1) is 10.3. The van der Waals surface area contributed by atoms with E-state index in [-0.39, 0.29) is 12.4 Å². The topological polar surface area (TPSA) is 38.3 Å². The minimum absolute atomic E-state index is 0.258.